The molecule has 1 rings (SSSR count). The molecule has 0 spiro atoms. The van der Waals surface area contributed by atoms with Gasteiger partial charge in [0, 0.05) is 13.2 Å². The molecule has 0 heterocycles. The maximum absolute atomic E-state index is 10.1. The predicted octanol–water partition coefficient (Wildman–Crippen LogP) is 2.99. The molecule has 0 aromatic carbocycles. The summed E-state index contributed by atoms with van der Waals surface area (Å²) in [7, 11) is 0. The summed E-state index contributed by atoms with van der Waals surface area (Å²) in [5.41, 5.74) is 0. The van der Waals surface area contributed by atoms with Crippen LogP contribution in [0.2, 0.25) is 0 Å². The molecule has 2 heteroatoms. The molecular formula is C13H26O2. The number of hydrogen-bond donors (Lipinski definition) is 1. The lowest BCUT2D eigenvalue weighted by atomic mass is 9.74. The van der Waals surface area contributed by atoms with Gasteiger partial charge in [-0.2, -0.15) is 0 Å². The van der Waals surface area contributed by atoms with Crippen LogP contribution in [-0.2, 0) is 4.74 Å². The van der Waals surface area contributed by atoms with E-state index in [1.165, 1.54) is 32.1 Å². The average molecular weight is 214 g/mol. The maximum Gasteiger partial charge on any atom is 0.0593 e. The molecule has 0 bridgehead atoms. The van der Waals surface area contributed by atoms with Gasteiger partial charge in [-0.05, 0) is 31.6 Å². The van der Waals surface area contributed by atoms with E-state index in [1.54, 1.807) is 0 Å². The lowest BCUT2D eigenvalue weighted by Gasteiger charge is -2.34. The standard InChI is InChI=1S/C13H26O2/c1-3-11-7-5-6-8-12(11)13(14)9-10-15-4-2/h11-14H,3-10H2,1-2H3. The maximum atomic E-state index is 10.1. The molecule has 1 N–H and O–H groups in total. The van der Waals surface area contributed by atoms with Crippen molar-refractivity contribution in [1.82, 2.24) is 0 Å². The van der Waals surface area contributed by atoms with Crippen LogP contribution in [0.4, 0.5) is 0 Å². The molecule has 90 valence electrons. The first-order valence-corrected chi connectivity index (χ1v) is 6.55. The highest BCUT2D eigenvalue weighted by atomic mass is 16.5. The molecule has 3 unspecified atom stereocenters. The fourth-order valence-electron chi connectivity index (χ4n) is 2.81. The summed E-state index contributed by atoms with van der Waals surface area (Å²) in [6.07, 6.45) is 7.08. The minimum Gasteiger partial charge on any atom is -0.393 e. The van der Waals surface area contributed by atoms with Crippen molar-refractivity contribution in [3.8, 4) is 0 Å². The van der Waals surface area contributed by atoms with Crippen LogP contribution in [0.5, 0.6) is 0 Å². The molecule has 0 amide bonds. The zero-order valence-electron chi connectivity index (χ0n) is 10.2. The van der Waals surface area contributed by atoms with Crippen LogP contribution in [0.15, 0.2) is 0 Å². The Labute approximate surface area is 94.0 Å². The van der Waals surface area contributed by atoms with Crippen LogP contribution in [0.1, 0.15) is 52.4 Å². The first kappa shape index (κ1) is 13.0. The summed E-state index contributed by atoms with van der Waals surface area (Å²) in [5.74, 6) is 1.28. The van der Waals surface area contributed by atoms with Gasteiger partial charge in [-0.3, -0.25) is 0 Å². The highest BCUT2D eigenvalue weighted by molar-refractivity contribution is 4.80. The molecule has 15 heavy (non-hydrogen) atoms. The largest absolute Gasteiger partial charge is 0.393 e. The highest BCUT2D eigenvalue weighted by Crippen LogP contribution is 2.35. The summed E-state index contributed by atoms with van der Waals surface area (Å²) < 4.78 is 5.30. The zero-order valence-corrected chi connectivity index (χ0v) is 10.2. The van der Waals surface area contributed by atoms with Crippen LogP contribution in [0.25, 0.3) is 0 Å². The van der Waals surface area contributed by atoms with Crippen LogP contribution in [-0.4, -0.2) is 24.4 Å². The molecule has 0 aromatic rings. The monoisotopic (exact) mass is 214 g/mol. The summed E-state index contributed by atoms with van der Waals surface area (Å²) in [6, 6.07) is 0. The zero-order chi connectivity index (χ0) is 11.1. The van der Waals surface area contributed by atoms with Gasteiger partial charge in [0.15, 0.2) is 0 Å². The smallest absolute Gasteiger partial charge is 0.0593 e. The van der Waals surface area contributed by atoms with Crippen LogP contribution < -0.4 is 0 Å². The summed E-state index contributed by atoms with van der Waals surface area (Å²) in [5, 5.41) is 10.1. The molecule has 0 saturated heterocycles. The third-order valence-electron chi connectivity index (χ3n) is 3.75. The van der Waals surface area contributed by atoms with E-state index < -0.39 is 0 Å². The van der Waals surface area contributed by atoms with Gasteiger partial charge >= 0.3 is 0 Å². The Balaban J connectivity index is 2.31. The van der Waals surface area contributed by atoms with E-state index in [0.29, 0.717) is 12.5 Å². The predicted molar refractivity (Wildman–Crippen MR) is 62.9 cm³/mol. The molecule has 3 atom stereocenters. The summed E-state index contributed by atoms with van der Waals surface area (Å²) >= 11 is 0. The van der Waals surface area contributed by atoms with Crippen LogP contribution >= 0.6 is 0 Å². The first-order chi connectivity index (χ1) is 7.29. The fourth-order valence-corrected chi connectivity index (χ4v) is 2.81. The van der Waals surface area contributed by atoms with Crippen LogP contribution in [0, 0.1) is 11.8 Å². The molecule has 0 aromatic heterocycles. The van der Waals surface area contributed by atoms with Crippen LogP contribution in [0.3, 0.4) is 0 Å². The number of hydrogen-bond acceptors (Lipinski definition) is 2. The fraction of sp³-hybridized carbons (Fsp3) is 1.00. The Bertz CT molecular complexity index is 159. The molecule has 2 nitrogen and oxygen atoms in total. The lowest BCUT2D eigenvalue weighted by Crippen LogP contribution is -2.31. The van der Waals surface area contributed by atoms with Crippen molar-refractivity contribution >= 4 is 0 Å². The average Bonchev–Trinajstić information content (AvgIpc) is 2.29. The first-order valence-electron chi connectivity index (χ1n) is 6.55. The van der Waals surface area contributed by atoms with Crippen molar-refractivity contribution < 1.29 is 9.84 Å². The molecule has 1 aliphatic carbocycles. The Hall–Kier alpha value is -0.0800. The Morgan fingerprint density at radius 2 is 2.00 bits per heavy atom. The molecule has 0 radical (unpaired) electrons. The molecule has 1 saturated carbocycles. The number of aliphatic hydroxyl groups excluding tert-OH is 1. The van der Waals surface area contributed by atoms with E-state index in [1.807, 2.05) is 6.92 Å². The number of rotatable bonds is 6. The SMILES string of the molecule is CCOCCC(O)C1CCCCC1CC. The van der Waals surface area contributed by atoms with Gasteiger partial charge in [0.2, 0.25) is 0 Å². The Morgan fingerprint density at radius 1 is 1.27 bits per heavy atom. The topological polar surface area (TPSA) is 29.5 Å². The van der Waals surface area contributed by atoms with E-state index in [0.717, 1.165) is 18.9 Å². The Morgan fingerprint density at radius 3 is 2.67 bits per heavy atom. The number of ether oxygens (including phenoxy) is 1. The third-order valence-corrected chi connectivity index (χ3v) is 3.75. The van der Waals surface area contributed by atoms with E-state index >= 15 is 0 Å². The third kappa shape index (κ3) is 4.12. The quantitative estimate of drug-likeness (QED) is 0.689. The minimum atomic E-state index is -0.137. The van der Waals surface area contributed by atoms with Crippen molar-refractivity contribution in [1.29, 1.82) is 0 Å². The Kier molecular flexibility index (Phi) is 6.26. The minimum absolute atomic E-state index is 0.137. The number of aliphatic hydroxyl groups is 1. The molecular weight excluding hydrogens is 188 g/mol. The highest BCUT2D eigenvalue weighted by Gasteiger charge is 2.29. The van der Waals surface area contributed by atoms with Crippen molar-refractivity contribution in [2.24, 2.45) is 11.8 Å². The molecule has 0 aliphatic heterocycles. The van der Waals surface area contributed by atoms with Gasteiger partial charge in [0.25, 0.3) is 0 Å². The summed E-state index contributed by atoms with van der Waals surface area (Å²) in [4.78, 5) is 0. The molecule has 1 aliphatic rings. The van der Waals surface area contributed by atoms with E-state index in [-0.39, 0.29) is 6.10 Å². The van der Waals surface area contributed by atoms with Gasteiger partial charge in [-0.1, -0.05) is 32.6 Å². The van der Waals surface area contributed by atoms with Gasteiger partial charge in [-0.15, -0.1) is 0 Å². The van der Waals surface area contributed by atoms with Gasteiger partial charge in [-0.25, -0.2) is 0 Å². The normalized spacial score (nSPS) is 29.0. The van der Waals surface area contributed by atoms with Gasteiger partial charge < -0.3 is 9.84 Å². The van der Waals surface area contributed by atoms with Crippen molar-refractivity contribution in [3.05, 3.63) is 0 Å². The second kappa shape index (κ2) is 7.24. The van der Waals surface area contributed by atoms with Gasteiger partial charge in [0.1, 0.15) is 0 Å². The van der Waals surface area contributed by atoms with E-state index in [2.05, 4.69) is 6.92 Å². The molecule has 1 fully saturated rings. The lowest BCUT2D eigenvalue weighted by molar-refractivity contribution is 0.0164. The van der Waals surface area contributed by atoms with E-state index in [4.69, 9.17) is 4.74 Å². The summed E-state index contributed by atoms with van der Waals surface area (Å²) in [6.45, 7) is 5.72. The van der Waals surface area contributed by atoms with Crippen molar-refractivity contribution in [2.75, 3.05) is 13.2 Å². The van der Waals surface area contributed by atoms with Crippen molar-refractivity contribution in [2.45, 2.75) is 58.5 Å². The van der Waals surface area contributed by atoms with Crippen molar-refractivity contribution in [3.63, 3.8) is 0 Å². The van der Waals surface area contributed by atoms with Gasteiger partial charge in [0.05, 0.1) is 6.10 Å². The second-order valence-electron chi connectivity index (χ2n) is 4.67. The second-order valence-corrected chi connectivity index (χ2v) is 4.67. The van der Waals surface area contributed by atoms with E-state index in [9.17, 15) is 5.11 Å².